The molecule has 2 N–H and O–H groups in total. The molecule has 2 rings (SSSR count). The van der Waals surface area contributed by atoms with Crippen LogP contribution in [0.1, 0.15) is 44.0 Å². The lowest BCUT2D eigenvalue weighted by molar-refractivity contribution is 0.157. The standard InChI is InChI=1S/C16H28N4S.HI/c1-4-20-10-6-5-8-14(20)12-18-16(17-3)19-13(2)15-9-7-11-21-15;/h7,9,11,13-14H,4-6,8,10,12H2,1-3H3,(H2,17,18,19);1H. The Morgan fingerprint density at radius 2 is 2.32 bits per heavy atom. The highest BCUT2D eigenvalue weighted by Crippen LogP contribution is 2.18. The fraction of sp³-hybridized carbons (Fsp3) is 0.688. The van der Waals surface area contributed by atoms with Crippen molar-refractivity contribution in [3.05, 3.63) is 22.4 Å². The Morgan fingerprint density at radius 3 is 2.95 bits per heavy atom. The Balaban J connectivity index is 0.00000242. The highest BCUT2D eigenvalue weighted by atomic mass is 127. The van der Waals surface area contributed by atoms with Gasteiger partial charge < -0.3 is 10.6 Å². The van der Waals surface area contributed by atoms with E-state index >= 15 is 0 Å². The van der Waals surface area contributed by atoms with E-state index in [1.807, 2.05) is 7.05 Å². The first-order chi connectivity index (χ1) is 10.2. The molecule has 1 aromatic rings. The molecule has 126 valence electrons. The average molecular weight is 436 g/mol. The molecule has 0 aromatic carbocycles. The van der Waals surface area contributed by atoms with Gasteiger partial charge >= 0.3 is 0 Å². The molecule has 2 heterocycles. The van der Waals surface area contributed by atoms with Gasteiger partial charge in [-0.15, -0.1) is 35.3 Å². The maximum atomic E-state index is 4.35. The zero-order valence-corrected chi connectivity index (χ0v) is 17.0. The van der Waals surface area contributed by atoms with Crippen molar-refractivity contribution in [3.8, 4) is 0 Å². The molecule has 1 aromatic heterocycles. The molecule has 0 radical (unpaired) electrons. The summed E-state index contributed by atoms with van der Waals surface area (Å²) in [6.07, 6.45) is 3.98. The minimum Gasteiger partial charge on any atom is -0.355 e. The SMILES string of the molecule is CCN1CCCCC1CNC(=NC)NC(C)c1cccs1.I. The average Bonchev–Trinajstić information content (AvgIpc) is 3.06. The summed E-state index contributed by atoms with van der Waals surface area (Å²) < 4.78 is 0. The summed E-state index contributed by atoms with van der Waals surface area (Å²) >= 11 is 1.78. The predicted molar refractivity (Wildman–Crippen MR) is 108 cm³/mol. The first-order valence-corrected chi connectivity index (χ1v) is 8.87. The molecule has 6 heteroatoms. The number of nitrogens with one attached hydrogen (secondary N) is 2. The van der Waals surface area contributed by atoms with Crippen molar-refractivity contribution in [2.75, 3.05) is 26.7 Å². The van der Waals surface area contributed by atoms with Crippen LogP contribution in [0.5, 0.6) is 0 Å². The van der Waals surface area contributed by atoms with Gasteiger partial charge in [0.15, 0.2) is 5.96 Å². The summed E-state index contributed by atoms with van der Waals surface area (Å²) in [4.78, 5) is 8.27. The molecule has 22 heavy (non-hydrogen) atoms. The maximum Gasteiger partial charge on any atom is 0.191 e. The summed E-state index contributed by atoms with van der Waals surface area (Å²) in [6, 6.07) is 5.19. The van der Waals surface area contributed by atoms with Crippen LogP contribution in [0, 0.1) is 0 Å². The van der Waals surface area contributed by atoms with Gasteiger partial charge in [0.05, 0.1) is 6.04 Å². The van der Waals surface area contributed by atoms with Crippen LogP contribution in [0.3, 0.4) is 0 Å². The van der Waals surface area contributed by atoms with Gasteiger partial charge in [0.1, 0.15) is 0 Å². The van der Waals surface area contributed by atoms with Gasteiger partial charge in [0, 0.05) is 24.5 Å². The van der Waals surface area contributed by atoms with Crippen LogP contribution in [0.25, 0.3) is 0 Å². The molecule has 2 atom stereocenters. The monoisotopic (exact) mass is 436 g/mol. The van der Waals surface area contributed by atoms with Gasteiger partial charge in [0.25, 0.3) is 0 Å². The molecule has 0 saturated carbocycles. The lowest BCUT2D eigenvalue weighted by Gasteiger charge is -2.35. The quantitative estimate of drug-likeness (QED) is 0.422. The molecule has 0 aliphatic carbocycles. The summed E-state index contributed by atoms with van der Waals surface area (Å²) in [5.74, 6) is 0.900. The van der Waals surface area contributed by atoms with Crippen LogP contribution in [0.2, 0.25) is 0 Å². The number of hydrogen-bond acceptors (Lipinski definition) is 3. The molecule has 1 aliphatic heterocycles. The van der Waals surface area contributed by atoms with Crippen molar-refractivity contribution in [1.29, 1.82) is 0 Å². The third-order valence-electron chi connectivity index (χ3n) is 4.21. The van der Waals surface area contributed by atoms with Gasteiger partial charge in [-0.2, -0.15) is 0 Å². The number of likely N-dealkylation sites (tertiary alicyclic amines) is 1. The van der Waals surface area contributed by atoms with E-state index in [1.54, 1.807) is 11.3 Å². The van der Waals surface area contributed by atoms with Gasteiger partial charge in [-0.1, -0.05) is 19.4 Å². The molecule has 2 unspecified atom stereocenters. The summed E-state index contributed by atoms with van der Waals surface area (Å²) in [7, 11) is 1.84. The molecule has 1 fully saturated rings. The second-order valence-corrected chi connectivity index (χ2v) is 6.59. The predicted octanol–water partition coefficient (Wildman–Crippen LogP) is 3.47. The lowest BCUT2D eigenvalue weighted by atomic mass is 10.0. The largest absolute Gasteiger partial charge is 0.355 e. The van der Waals surface area contributed by atoms with Crippen molar-refractivity contribution in [2.45, 2.75) is 45.2 Å². The molecule has 0 amide bonds. The van der Waals surface area contributed by atoms with Gasteiger partial charge in [-0.05, 0) is 44.3 Å². The maximum absolute atomic E-state index is 4.35. The Hall–Kier alpha value is -0.340. The van der Waals surface area contributed by atoms with Crippen LogP contribution >= 0.6 is 35.3 Å². The van der Waals surface area contributed by atoms with Gasteiger partial charge in [0.2, 0.25) is 0 Å². The van der Waals surface area contributed by atoms with E-state index in [-0.39, 0.29) is 24.0 Å². The number of hydrogen-bond donors (Lipinski definition) is 2. The summed E-state index contributed by atoms with van der Waals surface area (Å²) in [5.41, 5.74) is 0. The molecule has 0 bridgehead atoms. The minimum atomic E-state index is 0. The molecule has 1 aliphatic rings. The fourth-order valence-electron chi connectivity index (χ4n) is 2.93. The smallest absolute Gasteiger partial charge is 0.191 e. The minimum absolute atomic E-state index is 0. The Bertz CT molecular complexity index is 435. The van der Waals surface area contributed by atoms with Crippen LogP contribution < -0.4 is 10.6 Å². The second-order valence-electron chi connectivity index (χ2n) is 5.61. The molecule has 4 nitrogen and oxygen atoms in total. The number of likely N-dealkylation sites (N-methyl/N-ethyl adjacent to an activating group) is 1. The van der Waals surface area contributed by atoms with E-state index in [0.717, 1.165) is 19.0 Å². The third-order valence-corrected chi connectivity index (χ3v) is 5.26. The Labute approximate surface area is 155 Å². The van der Waals surface area contributed by atoms with Crippen molar-refractivity contribution in [3.63, 3.8) is 0 Å². The van der Waals surface area contributed by atoms with E-state index in [2.05, 4.69) is 51.9 Å². The topological polar surface area (TPSA) is 39.7 Å². The number of aliphatic imine (C=N–C) groups is 1. The first kappa shape index (κ1) is 19.7. The number of piperidine rings is 1. The summed E-state index contributed by atoms with van der Waals surface area (Å²) in [5, 5.41) is 9.09. The van der Waals surface area contributed by atoms with Crippen molar-refractivity contribution in [2.24, 2.45) is 4.99 Å². The van der Waals surface area contributed by atoms with E-state index < -0.39 is 0 Å². The van der Waals surface area contributed by atoms with E-state index in [0.29, 0.717) is 12.1 Å². The van der Waals surface area contributed by atoms with Crippen LogP contribution in [0.15, 0.2) is 22.5 Å². The number of thiophene rings is 1. The second kappa shape index (κ2) is 10.4. The fourth-order valence-corrected chi connectivity index (χ4v) is 3.66. The molecule has 1 saturated heterocycles. The molecular formula is C16H29IN4S. The van der Waals surface area contributed by atoms with Crippen molar-refractivity contribution >= 4 is 41.3 Å². The van der Waals surface area contributed by atoms with Crippen LogP contribution in [-0.2, 0) is 0 Å². The zero-order chi connectivity index (χ0) is 15.1. The summed E-state index contributed by atoms with van der Waals surface area (Å²) in [6.45, 7) is 7.79. The Kier molecular flexibility index (Phi) is 9.35. The lowest BCUT2D eigenvalue weighted by Crippen LogP contribution is -2.49. The van der Waals surface area contributed by atoms with Crippen molar-refractivity contribution < 1.29 is 0 Å². The number of halogens is 1. The van der Waals surface area contributed by atoms with E-state index in [1.165, 1.54) is 30.7 Å². The number of rotatable bonds is 5. The highest BCUT2D eigenvalue weighted by Gasteiger charge is 2.21. The number of guanidine groups is 1. The first-order valence-electron chi connectivity index (χ1n) is 7.99. The normalized spacial score (nSPS) is 21.0. The van der Waals surface area contributed by atoms with Gasteiger partial charge in [-0.3, -0.25) is 9.89 Å². The van der Waals surface area contributed by atoms with Crippen LogP contribution in [-0.4, -0.2) is 43.6 Å². The molecular weight excluding hydrogens is 407 g/mol. The van der Waals surface area contributed by atoms with Gasteiger partial charge in [-0.25, -0.2) is 0 Å². The zero-order valence-electron chi connectivity index (χ0n) is 13.8. The highest BCUT2D eigenvalue weighted by molar-refractivity contribution is 14.0. The van der Waals surface area contributed by atoms with Crippen LogP contribution in [0.4, 0.5) is 0 Å². The molecule has 0 spiro atoms. The van der Waals surface area contributed by atoms with E-state index in [9.17, 15) is 0 Å². The number of nitrogens with zero attached hydrogens (tertiary/aromatic N) is 2. The van der Waals surface area contributed by atoms with E-state index in [4.69, 9.17) is 0 Å². The Morgan fingerprint density at radius 1 is 1.50 bits per heavy atom. The van der Waals surface area contributed by atoms with Crippen molar-refractivity contribution in [1.82, 2.24) is 15.5 Å². The third kappa shape index (κ3) is 5.70.